The Balaban J connectivity index is 1.97. The van der Waals surface area contributed by atoms with E-state index in [0.29, 0.717) is 0 Å². The second-order valence-corrected chi connectivity index (χ2v) is 6.13. The van der Waals surface area contributed by atoms with Gasteiger partial charge in [0.05, 0.1) is 0 Å². The van der Waals surface area contributed by atoms with Crippen LogP contribution in [0.15, 0.2) is 36.7 Å². The quantitative estimate of drug-likeness (QED) is 0.547. The zero-order valence-corrected chi connectivity index (χ0v) is 15.0. The van der Waals surface area contributed by atoms with Crippen LogP contribution in [0.4, 0.5) is 11.6 Å². The van der Waals surface area contributed by atoms with Gasteiger partial charge in [-0.3, -0.25) is 0 Å². The fourth-order valence-electron chi connectivity index (χ4n) is 2.60. The molecule has 0 spiro atoms. The van der Waals surface area contributed by atoms with Crippen molar-refractivity contribution in [2.24, 2.45) is 0 Å². The molecule has 2 aromatic rings. The summed E-state index contributed by atoms with van der Waals surface area (Å²) in [6.07, 6.45) is 11.1. The number of hydrogen-bond acceptors (Lipinski definition) is 4. The van der Waals surface area contributed by atoms with E-state index in [2.05, 4.69) is 46.6 Å². The van der Waals surface area contributed by atoms with Gasteiger partial charge in [-0.1, -0.05) is 39.5 Å². The van der Waals surface area contributed by atoms with Gasteiger partial charge in [0.15, 0.2) is 0 Å². The first kappa shape index (κ1) is 18.2. The summed E-state index contributed by atoms with van der Waals surface area (Å²) in [5, 5.41) is 6.82. The van der Waals surface area contributed by atoms with Gasteiger partial charge in [-0.15, -0.1) is 0 Å². The molecule has 0 aliphatic heterocycles. The van der Waals surface area contributed by atoms with Crippen LogP contribution in [0, 0.1) is 0 Å². The lowest BCUT2D eigenvalue weighted by Crippen LogP contribution is -2.04. The van der Waals surface area contributed by atoms with Crippen molar-refractivity contribution in [3.8, 4) is 11.1 Å². The molecule has 0 amide bonds. The third-order valence-electron chi connectivity index (χ3n) is 4.03. The average Bonchev–Trinajstić information content (AvgIpc) is 2.63. The van der Waals surface area contributed by atoms with Crippen molar-refractivity contribution in [1.29, 1.82) is 0 Å². The Morgan fingerprint density at radius 2 is 1.17 bits per heavy atom. The molecule has 0 saturated heterocycles. The van der Waals surface area contributed by atoms with Crippen molar-refractivity contribution in [3.63, 3.8) is 0 Å². The van der Waals surface area contributed by atoms with Crippen LogP contribution in [-0.4, -0.2) is 23.1 Å². The van der Waals surface area contributed by atoms with E-state index in [4.69, 9.17) is 0 Å². The Kier molecular flexibility index (Phi) is 8.08. The molecule has 0 unspecified atom stereocenters. The summed E-state index contributed by atoms with van der Waals surface area (Å²) in [4.78, 5) is 8.83. The van der Waals surface area contributed by atoms with Crippen molar-refractivity contribution in [1.82, 2.24) is 9.97 Å². The van der Waals surface area contributed by atoms with Gasteiger partial charge in [-0.05, 0) is 48.2 Å². The number of pyridine rings is 2. The smallest absolute Gasteiger partial charge is 0.126 e. The van der Waals surface area contributed by atoms with E-state index in [1.165, 1.54) is 49.7 Å². The highest BCUT2D eigenvalue weighted by Crippen LogP contribution is 2.23. The third-order valence-corrected chi connectivity index (χ3v) is 4.03. The first-order chi connectivity index (χ1) is 11.8. The number of nitrogens with one attached hydrogen (secondary N) is 2. The van der Waals surface area contributed by atoms with E-state index in [1.807, 2.05) is 24.5 Å². The van der Waals surface area contributed by atoms with Gasteiger partial charge in [-0.25, -0.2) is 9.97 Å². The number of aromatic nitrogens is 2. The Bertz CT molecular complexity index is 544. The van der Waals surface area contributed by atoms with E-state index in [0.717, 1.165) is 24.7 Å². The summed E-state index contributed by atoms with van der Waals surface area (Å²) in [5.41, 5.74) is 2.34. The molecule has 0 bridgehead atoms. The van der Waals surface area contributed by atoms with Crippen LogP contribution >= 0.6 is 0 Å². The normalized spacial score (nSPS) is 10.6. The fraction of sp³-hybridized carbons (Fsp3) is 0.500. The standard InChI is InChI=1S/C20H30N4/c1-3-5-7-11-21-19-15-17(9-13-23-19)18-10-14-24-20(16-18)22-12-8-6-4-2/h9-10,13-16H,3-8,11-12H2,1-2H3,(H,21,23)(H,22,24). The van der Waals surface area contributed by atoms with Gasteiger partial charge in [0.1, 0.15) is 11.6 Å². The minimum Gasteiger partial charge on any atom is -0.370 e. The highest BCUT2D eigenvalue weighted by atomic mass is 15.0. The largest absolute Gasteiger partial charge is 0.370 e. The molecule has 4 nitrogen and oxygen atoms in total. The van der Waals surface area contributed by atoms with E-state index in [1.54, 1.807) is 0 Å². The number of anilines is 2. The molecular weight excluding hydrogens is 296 g/mol. The van der Waals surface area contributed by atoms with E-state index >= 15 is 0 Å². The van der Waals surface area contributed by atoms with Gasteiger partial charge >= 0.3 is 0 Å². The molecule has 0 atom stereocenters. The van der Waals surface area contributed by atoms with Crippen molar-refractivity contribution < 1.29 is 0 Å². The van der Waals surface area contributed by atoms with Gasteiger partial charge in [0, 0.05) is 25.5 Å². The van der Waals surface area contributed by atoms with Crippen LogP contribution in [-0.2, 0) is 0 Å². The van der Waals surface area contributed by atoms with Crippen LogP contribution < -0.4 is 10.6 Å². The van der Waals surface area contributed by atoms with E-state index in [-0.39, 0.29) is 0 Å². The molecule has 2 rings (SSSR count). The van der Waals surface area contributed by atoms with Crippen LogP contribution in [0.25, 0.3) is 11.1 Å². The van der Waals surface area contributed by atoms with Crippen LogP contribution in [0.3, 0.4) is 0 Å². The second-order valence-electron chi connectivity index (χ2n) is 6.13. The maximum absolute atomic E-state index is 4.41. The minimum absolute atomic E-state index is 0.942. The fourth-order valence-corrected chi connectivity index (χ4v) is 2.60. The number of unbranched alkanes of at least 4 members (excludes halogenated alkanes) is 4. The van der Waals surface area contributed by atoms with Crippen molar-refractivity contribution in [3.05, 3.63) is 36.7 Å². The van der Waals surface area contributed by atoms with Gasteiger partial charge in [-0.2, -0.15) is 0 Å². The molecule has 0 radical (unpaired) electrons. The number of hydrogen-bond donors (Lipinski definition) is 2. The summed E-state index contributed by atoms with van der Waals surface area (Å²) in [6.45, 7) is 6.39. The maximum atomic E-state index is 4.41. The zero-order valence-electron chi connectivity index (χ0n) is 15.0. The molecule has 0 fully saturated rings. The Morgan fingerprint density at radius 3 is 1.58 bits per heavy atom. The Hall–Kier alpha value is -2.10. The van der Waals surface area contributed by atoms with E-state index < -0.39 is 0 Å². The molecule has 24 heavy (non-hydrogen) atoms. The zero-order chi connectivity index (χ0) is 17.0. The summed E-state index contributed by atoms with van der Waals surface area (Å²) in [7, 11) is 0. The lowest BCUT2D eigenvalue weighted by atomic mass is 10.1. The van der Waals surface area contributed by atoms with Crippen LogP contribution in [0.2, 0.25) is 0 Å². The van der Waals surface area contributed by atoms with Crippen molar-refractivity contribution >= 4 is 11.6 Å². The number of rotatable bonds is 11. The van der Waals surface area contributed by atoms with Crippen molar-refractivity contribution in [2.45, 2.75) is 52.4 Å². The molecule has 0 saturated carbocycles. The molecule has 0 aliphatic rings. The van der Waals surface area contributed by atoms with Gasteiger partial charge in [0.25, 0.3) is 0 Å². The molecular formula is C20H30N4. The first-order valence-corrected chi connectivity index (χ1v) is 9.23. The van der Waals surface area contributed by atoms with Gasteiger partial charge < -0.3 is 10.6 Å². The van der Waals surface area contributed by atoms with Crippen LogP contribution in [0.1, 0.15) is 52.4 Å². The molecule has 0 aliphatic carbocycles. The second kappa shape index (κ2) is 10.6. The third kappa shape index (κ3) is 6.19. The lowest BCUT2D eigenvalue weighted by molar-refractivity contribution is 0.742. The SMILES string of the molecule is CCCCCNc1cc(-c2ccnc(NCCCCC)c2)ccn1. The topological polar surface area (TPSA) is 49.8 Å². The Morgan fingerprint density at radius 1 is 0.708 bits per heavy atom. The molecule has 2 N–H and O–H groups in total. The van der Waals surface area contributed by atoms with E-state index in [9.17, 15) is 0 Å². The predicted octanol–water partition coefficient (Wildman–Crippen LogP) is 5.35. The highest BCUT2D eigenvalue weighted by molar-refractivity contribution is 5.68. The molecule has 2 aromatic heterocycles. The monoisotopic (exact) mass is 326 g/mol. The predicted molar refractivity (Wildman–Crippen MR) is 103 cm³/mol. The molecule has 0 aromatic carbocycles. The Labute approximate surface area is 146 Å². The number of nitrogens with zero attached hydrogens (tertiary/aromatic N) is 2. The summed E-state index contributed by atoms with van der Waals surface area (Å²) in [6, 6.07) is 8.32. The molecule has 4 heteroatoms. The highest BCUT2D eigenvalue weighted by Gasteiger charge is 2.02. The summed E-state index contributed by atoms with van der Waals surface area (Å²) < 4.78 is 0. The molecule has 2 heterocycles. The maximum Gasteiger partial charge on any atom is 0.126 e. The lowest BCUT2D eigenvalue weighted by Gasteiger charge is -2.09. The van der Waals surface area contributed by atoms with Crippen molar-refractivity contribution in [2.75, 3.05) is 23.7 Å². The minimum atomic E-state index is 0.942. The molecule has 130 valence electrons. The van der Waals surface area contributed by atoms with Crippen LogP contribution in [0.5, 0.6) is 0 Å². The first-order valence-electron chi connectivity index (χ1n) is 9.23. The summed E-state index contributed by atoms with van der Waals surface area (Å²) >= 11 is 0. The average molecular weight is 326 g/mol. The van der Waals surface area contributed by atoms with Gasteiger partial charge in [0.2, 0.25) is 0 Å². The summed E-state index contributed by atoms with van der Waals surface area (Å²) in [5.74, 6) is 1.88.